The zero-order valence-electron chi connectivity index (χ0n) is 17.6. The molecule has 1 N–H and O–H groups in total. The first kappa shape index (κ1) is 19.7. The van der Waals surface area contributed by atoms with E-state index >= 15 is 0 Å². The minimum atomic E-state index is -0.194. The summed E-state index contributed by atoms with van der Waals surface area (Å²) in [5.74, 6) is 1.03. The first-order valence-electron chi connectivity index (χ1n) is 9.98. The monoisotopic (exact) mass is 400 g/mol. The molecule has 152 valence electrons. The summed E-state index contributed by atoms with van der Waals surface area (Å²) < 4.78 is 11.6. The van der Waals surface area contributed by atoms with E-state index in [2.05, 4.69) is 16.4 Å². The largest absolute Gasteiger partial charge is 0.494 e. The molecule has 0 saturated carbocycles. The number of hydrogen-bond donors (Lipinski definition) is 1. The molecule has 5 nitrogen and oxygen atoms in total. The molecule has 1 amide bonds. The minimum absolute atomic E-state index is 0.194. The van der Waals surface area contributed by atoms with Crippen LogP contribution in [0.5, 0.6) is 5.75 Å². The molecule has 0 spiro atoms. The first-order chi connectivity index (χ1) is 14.5. The van der Waals surface area contributed by atoms with Gasteiger partial charge < -0.3 is 14.5 Å². The van der Waals surface area contributed by atoms with Gasteiger partial charge in [0.1, 0.15) is 11.3 Å². The third-order valence-corrected chi connectivity index (χ3v) is 5.04. The SMILES string of the molecule is CCOc1cccc(C(=O)Nc2cccc(-c3nc4cc(C)cc(C)c4o3)c2C)c1. The Labute approximate surface area is 175 Å². The molecule has 0 saturated heterocycles. The topological polar surface area (TPSA) is 64.4 Å². The van der Waals surface area contributed by atoms with Crippen LogP contribution in [0.1, 0.15) is 34.0 Å². The van der Waals surface area contributed by atoms with Crippen LogP contribution in [0.2, 0.25) is 0 Å². The second kappa shape index (κ2) is 8.03. The molecule has 4 rings (SSSR count). The van der Waals surface area contributed by atoms with Gasteiger partial charge in [0.25, 0.3) is 5.91 Å². The second-order valence-corrected chi connectivity index (χ2v) is 7.34. The van der Waals surface area contributed by atoms with Crippen molar-refractivity contribution in [2.24, 2.45) is 0 Å². The fraction of sp³-hybridized carbons (Fsp3) is 0.200. The summed E-state index contributed by atoms with van der Waals surface area (Å²) in [6, 6.07) is 17.0. The third kappa shape index (κ3) is 3.79. The van der Waals surface area contributed by atoms with Crippen LogP contribution in [0.25, 0.3) is 22.6 Å². The van der Waals surface area contributed by atoms with Gasteiger partial charge >= 0.3 is 0 Å². The molecule has 0 aliphatic heterocycles. The predicted octanol–water partition coefficient (Wildman–Crippen LogP) is 6.07. The second-order valence-electron chi connectivity index (χ2n) is 7.34. The lowest BCUT2D eigenvalue weighted by Crippen LogP contribution is -2.13. The van der Waals surface area contributed by atoms with Gasteiger partial charge in [-0.15, -0.1) is 0 Å². The lowest BCUT2D eigenvalue weighted by molar-refractivity contribution is 0.102. The lowest BCUT2D eigenvalue weighted by atomic mass is 10.1. The highest BCUT2D eigenvalue weighted by Crippen LogP contribution is 2.32. The number of nitrogens with zero attached hydrogens (tertiary/aromatic N) is 1. The van der Waals surface area contributed by atoms with E-state index in [1.165, 1.54) is 0 Å². The predicted molar refractivity (Wildman–Crippen MR) is 119 cm³/mol. The molecule has 5 heteroatoms. The molecule has 0 aliphatic rings. The Balaban J connectivity index is 1.66. The van der Waals surface area contributed by atoms with Crippen LogP contribution in [0.15, 0.2) is 59.0 Å². The Bertz CT molecular complexity index is 1240. The van der Waals surface area contributed by atoms with E-state index < -0.39 is 0 Å². The van der Waals surface area contributed by atoms with Crippen molar-refractivity contribution in [1.29, 1.82) is 0 Å². The molecular weight excluding hydrogens is 376 g/mol. The number of amides is 1. The summed E-state index contributed by atoms with van der Waals surface area (Å²) in [7, 11) is 0. The molecule has 0 bridgehead atoms. The van der Waals surface area contributed by atoms with E-state index in [1.54, 1.807) is 12.1 Å². The van der Waals surface area contributed by atoms with Crippen molar-refractivity contribution in [2.45, 2.75) is 27.7 Å². The number of nitrogens with one attached hydrogen (secondary N) is 1. The molecule has 0 unspecified atom stereocenters. The zero-order valence-corrected chi connectivity index (χ0v) is 17.6. The Morgan fingerprint density at radius 2 is 1.87 bits per heavy atom. The van der Waals surface area contributed by atoms with Crippen molar-refractivity contribution in [1.82, 2.24) is 4.98 Å². The fourth-order valence-corrected chi connectivity index (χ4v) is 3.58. The number of carbonyl (C=O) groups is 1. The Kier molecular flexibility index (Phi) is 5.27. The first-order valence-corrected chi connectivity index (χ1v) is 9.98. The molecule has 0 atom stereocenters. The van der Waals surface area contributed by atoms with E-state index in [0.29, 0.717) is 23.8 Å². The molecule has 30 heavy (non-hydrogen) atoms. The van der Waals surface area contributed by atoms with Crippen molar-refractivity contribution >= 4 is 22.7 Å². The zero-order chi connectivity index (χ0) is 21.3. The Morgan fingerprint density at radius 1 is 1.07 bits per heavy atom. The van der Waals surface area contributed by atoms with Crippen molar-refractivity contribution in [2.75, 3.05) is 11.9 Å². The molecule has 3 aromatic carbocycles. The Morgan fingerprint density at radius 3 is 2.67 bits per heavy atom. The van der Waals surface area contributed by atoms with Gasteiger partial charge in [-0.1, -0.05) is 18.2 Å². The van der Waals surface area contributed by atoms with Crippen LogP contribution in [0.3, 0.4) is 0 Å². The number of anilines is 1. The summed E-state index contributed by atoms with van der Waals surface area (Å²) in [5.41, 5.74) is 6.83. The van der Waals surface area contributed by atoms with Gasteiger partial charge in [-0.25, -0.2) is 4.98 Å². The van der Waals surface area contributed by atoms with E-state index in [-0.39, 0.29) is 5.91 Å². The number of hydrogen-bond acceptors (Lipinski definition) is 4. The number of carbonyl (C=O) groups excluding carboxylic acids is 1. The van der Waals surface area contributed by atoms with Crippen molar-refractivity contribution in [3.8, 4) is 17.2 Å². The molecule has 1 aromatic heterocycles. The summed E-state index contributed by atoms with van der Waals surface area (Å²) in [6.07, 6.45) is 0. The number of fused-ring (bicyclic) bond motifs is 1. The van der Waals surface area contributed by atoms with E-state index in [1.807, 2.05) is 64.1 Å². The van der Waals surface area contributed by atoms with Crippen molar-refractivity contribution in [3.63, 3.8) is 0 Å². The van der Waals surface area contributed by atoms with Crippen LogP contribution in [0, 0.1) is 20.8 Å². The van der Waals surface area contributed by atoms with E-state index in [9.17, 15) is 4.79 Å². The van der Waals surface area contributed by atoms with Gasteiger partial charge in [-0.2, -0.15) is 0 Å². The van der Waals surface area contributed by atoms with Crippen LogP contribution in [-0.4, -0.2) is 17.5 Å². The molecule has 0 aliphatic carbocycles. The summed E-state index contributed by atoms with van der Waals surface area (Å²) in [4.78, 5) is 17.5. The molecule has 0 fully saturated rings. The van der Waals surface area contributed by atoms with Crippen LogP contribution in [0.4, 0.5) is 5.69 Å². The standard InChI is InChI=1S/C25H24N2O3/c1-5-29-19-9-6-8-18(14-19)24(28)26-21-11-7-10-20(17(21)4)25-27-22-13-15(2)12-16(3)23(22)30-25/h6-14H,5H2,1-4H3,(H,26,28). The normalized spacial score (nSPS) is 10.9. The molecular formula is C25H24N2O3. The molecule has 4 aromatic rings. The number of aryl methyl sites for hydroxylation is 2. The van der Waals surface area contributed by atoms with Gasteiger partial charge in [0.2, 0.25) is 5.89 Å². The lowest BCUT2D eigenvalue weighted by Gasteiger charge is -2.11. The van der Waals surface area contributed by atoms with E-state index in [4.69, 9.17) is 9.15 Å². The van der Waals surface area contributed by atoms with Crippen LogP contribution < -0.4 is 10.1 Å². The maximum atomic E-state index is 12.8. The highest BCUT2D eigenvalue weighted by Gasteiger charge is 2.16. The highest BCUT2D eigenvalue weighted by atomic mass is 16.5. The number of rotatable bonds is 5. The number of aromatic nitrogens is 1. The fourth-order valence-electron chi connectivity index (χ4n) is 3.58. The molecule has 1 heterocycles. The van der Waals surface area contributed by atoms with Crippen molar-refractivity contribution in [3.05, 3.63) is 76.9 Å². The maximum absolute atomic E-state index is 12.8. The smallest absolute Gasteiger partial charge is 0.255 e. The van der Waals surface area contributed by atoms with Gasteiger partial charge in [-0.3, -0.25) is 4.79 Å². The molecule has 0 radical (unpaired) electrons. The summed E-state index contributed by atoms with van der Waals surface area (Å²) in [6.45, 7) is 8.48. The quantitative estimate of drug-likeness (QED) is 0.441. The highest BCUT2D eigenvalue weighted by molar-refractivity contribution is 6.05. The third-order valence-electron chi connectivity index (χ3n) is 5.04. The van der Waals surface area contributed by atoms with Crippen LogP contribution in [-0.2, 0) is 0 Å². The Hall–Kier alpha value is -3.60. The number of oxazole rings is 1. The van der Waals surface area contributed by atoms with Crippen molar-refractivity contribution < 1.29 is 13.9 Å². The maximum Gasteiger partial charge on any atom is 0.255 e. The minimum Gasteiger partial charge on any atom is -0.494 e. The average molecular weight is 400 g/mol. The number of ether oxygens (including phenoxy) is 1. The summed E-state index contributed by atoms with van der Waals surface area (Å²) >= 11 is 0. The van der Waals surface area contributed by atoms with Gasteiger partial charge in [0, 0.05) is 16.8 Å². The number of benzene rings is 3. The van der Waals surface area contributed by atoms with Crippen LogP contribution >= 0.6 is 0 Å². The summed E-state index contributed by atoms with van der Waals surface area (Å²) in [5, 5.41) is 3.00. The average Bonchev–Trinajstić information content (AvgIpc) is 3.14. The van der Waals surface area contributed by atoms with Gasteiger partial charge in [-0.05, 0) is 80.8 Å². The van der Waals surface area contributed by atoms with Gasteiger partial charge in [0.05, 0.1) is 6.61 Å². The van der Waals surface area contributed by atoms with E-state index in [0.717, 1.165) is 39.0 Å². The van der Waals surface area contributed by atoms with Gasteiger partial charge in [0.15, 0.2) is 5.58 Å².